The number of hydrogen-bond donors (Lipinski definition) is 2. The van der Waals surface area contributed by atoms with E-state index in [1.807, 2.05) is 44.3 Å². The summed E-state index contributed by atoms with van der Waals surface area (Å²) in [5.41, 5.74) is 1.36. The van der Waals surface area contributed by atoms with Crippen LogP contribution in [0.4, 0.5) is 10.6 Å². The second-order valence-electron chi connectivity index (χ2n) is 7.72. The molecule has 0 radical (unpaired) electrons. The predicted octanol–water partition coefficient (Wildman–Crippen LogP) is 3.29. The maximum absolute atomic E-state index is 11.9. The van der Waals surface area contributed by atoms with Crippen LogP contribution in [0.1, 0.15) is 52.1 Å². The molecule has 0 aromatic carbocycles. The van der Waals surface area contributed by atoms with E-state index in [1.165, 1.54) is 0 Å². The first-order valence-corrected chi connectivity index (χ1v) is 8.87. The van der Waals surface area contributed by atoms with Crippen LogP contribution in [0.25, 0.3) is 5.65 Å². The van der Waals surface area contributed by atoms with Crippen LogP contribution in [0, 0.1) is 6.92 Å². The molecule has 3 rings (SSSR count). The average Bonchev–Trinajstić information content (AvgIpc) is 2.95. The van der Waals surface area contributed by atoms with Gasteiger partial charge in [-0.1, -0.05) is 0 Å². The molecule has 2 aromatic heterocycles. The molecule has 1 amide bonds. The van der Waals surface area contributed by atoms with E-state index in [0.717, 1.165) is 42.8 Å². The fourth-order valence-electron chi connectivity index (χ4n) is 3.21. The third-order valence-corrected chi connectivity index (χ3v) is 4.29. The maximum Gasteiger partial charge on any atom is 0.407 e. The first-order valence-electron chi connectivity index (χ1n) is 8.87. The minimum atomic E-state index is -0.461. The predicted molar refractivity (Wildman–Crippen MR) is 96.8 cm³/mol. The van der Waals surface area contributed by atoms with Crippen LogP contribution >= 0.6 is 0 Å². The van der Waals surface area contributed by atoms with E-state index in [2.05, 4.69) is 20.7 Å². The summed E-state index contributed by atoms with van der Waals surface area (Å²) in [6, 6.07) is 4.47. The number of nitrogens with zero attached hydrogens (tertiary/aromatic N) is 3. The van der Waals surface area contributed by atoms with Crippen molar-refractivity contribution >= 4 is 17.6 Å². The number of nitrogens with one attached hydrogen (secondary N) is 2. The van der Waals surface area contributed by atoms with Crippen LogP contribution in [0.3, 0.4) is 0 Å². The van der Waals surface area contributed by atoms with E-state index in [1.54, 1.807) is 6.20 Å². The van der Waals surface area contributed by atoms with Gasteiger partial charge >= 0.3 is 6.09 Å². The summed E-state index contributed by atoms with van der Waals surface area (Å²) in [6.45, 7) is 7.61. The molecular weight excluding hydrogens is 318 g/mol. The van der Waals surface area contributed by atoms with E-state index >= 15 is 0 Å². The summed E-state index contributed by atoms with van der Waals surface area (Å²) in [4.78, 5) is 16.3. The normalized spacial score (nSPS) is 21.1. The lowest BCUT2D eigenvalue weighted by Gasteiger charge is -2.31. The first kappa shape index (κ1) is 17.5. The van der Waals surface area contributed by atoms with Crippen LogP contribution in [0.5, 0.6) is 0 Å². The number of aromatic nitrogens is 3. The maximum atomic E-state index is 11.9. The van der Waals surface area contributed by atoms with Gasteiger partial charge in [-0.25, -0.2) is 9.78 Å². The molecule has 2 N–H and O–H groups in total. The highest BCUT2D eigenvalue weighted by Gasteiger charge is 2.25. The minimum Gasteiger partial charge on any atom is -0.444 e. The zero-order chi connectivity index (χ0) is 18.0. The summed E-state index contributed by atoms with van der Waals surface area (Å²) in [5.74, 6) is 0.969. The molecule has 7 nitrogen and oxygen atoms in total. The van der Waals surface area contributed by atoms with E-state index in [-0.39, 0.29) is 12.1 Å². The van der Waals surface area contributed by atoms with Crippen LogP contribution in [-0.2, 0) is 4.74 Å². The molecule has 2 heterocycles. The molecule has 7 heteroatoms. The number of rotatable bonds is 3. The number of alkyl carbamates (subject to hydrolysis) is 1. The van der Waals surface area contributed by atoms with Crippen molar-refractivity contribution in [1.82, 2.24) is 19.9 Å². The highest BCUT2D eigenvalue weighted by atomic mass is 16.6. The molecule has 0 unspecified atom stereocenters. The van der Waals surface area contributed by atoms with Crippen molar-refractivity contribution in [2.75, 3.05) is 5.32 Å². The fourth-order valence-corrected chi connectivity index (χ4v) is 3.21. The largest absolute Gasteiger partial charge is 0.444 e. The van der Waals surface area contributed by atoms with Crippen LogP contribution in [0.2, 0.25) is 0 Å². The van der Waals surface area contributed by atoms with Gasteiger partial charge in [-0.05, 0) is 53.4 Å². The first-order chi connectivity index (χ1) is 11.8. The van der Waals surface area contributed by atoms with Crippen molar-refractivity contribution in [1.29, 1.82) is 0 Å². The number of hydrogen-bond acceptors (Lipinski definition) is 5. The quantitative estimate of drug-likeness (QED) is 0.892. The van der Waals surface area contributed by atoms with Crippen molar-refractivity contribution in [2.24, 2.45) is 0 Å². The van der Waals surface area contributed by atoms with Gasteiger partial charge in [0.15, 0.2) is 5.65 Å². The highest BCUT2D eigenvalue weighted by Crippen LogP contribution is 2.23. The number of carbonyl (C=O) groups is 1. The van der Waals surface area contributed by atoms with E-state index in [4.69, 9.17) is 4.74 Å². The standard InChI is InChI=1S/C18H27N5O2/c1-12-11-16(23-15(20-12)9-10-19-23)21-13-5-7-14(8-6-13)22-17(24)25-18(2,3)4/h9-11,13-14,21H,5-8H2,1-4H3,(H,22,24)/t13-,14-. The van der Waals surface area contributed by atoms with Crippen molar-refractivity contribution in [2.45, 2.75) is 71.1 Å². The Bertz CT molecular complexity index is 741. The fraction of sp³-hybridized carbons (Fsp3) is 0.611. The Morgan fingerprint density at radius 3 is 2.60 bits per heavy atom. The lowest BCUT2D eigenvalue weighted by atomic mass is 9.91. The smallest absolute Gasteiger partial charge is 0.407 e. The number of fused-ring (bicyclic) bond motifs is 1. The third kappa shape index (κ3) is 4.61. The summed E-state index contributed by atoms with van der Waals surface area (Å²) < 4.78 is 7.16. The van der Waals surface area contributed by atoms with Crippen LogP contribution < -0.4 is 10.6 Å². The lowest BCUT2D eigenvalue weighted by Crippen LogP contribution is -2.42. The molecule has 0 spiro atoms. The molecule has 0 saturated heterocycles. The van der Waals surface area contributed by atoms with Gasteiger partial charge < -0.3 is 15.4 Å². The molecule has 0 aliphatic heterocycles. The van der Waals surface area contributed by atoms with E-state index in [9.17, 15) is 4.79 Å². The third-order valence-electron chi connectivity index (χ3n) is 4.29. The summed E-state index contributed by atoms with van der Waals surface area (Å²) >= 11 is 0. The summed E-state index contributed by atoms with van der Waals surface area (Å²) in [7, 11) is 0. The van der Waals surface area contributed by atoms with E-state index in [0.29, 0.717) is 6.04 Å². The van der Waals surface area contributed by atoms with Crippen LogP contribution in [0.15, 0.2) is 18.3 Å². The Morgan fingerprint density at radius 2 is 1.92 bits per heavy atom. The molecule has 25 heavy (non-hydrogen) atoms. The van der Waals surface area contributed by atoms with Crippen molar-refractivity contribution in [3.63, 3.8) is 0 Å². The highest BCUT2D eigenvalue weighted by molar-refractivity contribution is 5.68. The zero-order valence-corrected chi connectivity index (χ0v) is 15.4. The molecular formula is C18H27N5O2. The number of ether oxygens (including phenoxy) is 1. The van der Waals surface area contributed by atoms with Gasteiger partial charge in [0, 0.05) is 29.9 Å². The second-order valence-corrected chi connectivity index (χ2v) is 7.72. The van der Waals surface area contributed by atoms with Crippen molar-refractivity contribution in [3.05, 3.63) is 24.0 Å². The summed E-state index contributed by atoms with van der Waals surface area (Å²) in [6.07, 6.45) is 5.28. The molecule has 1 saturated carbocycles. The Kier molecular flexibility index (Phi) is 4.83. The molecule has 1 aliphatic carbocycles. The molecule has 1 fully saturated rings. The Balaban J connectivity index is 1.54. The molecule has 1 aliphatic rings. The van der Waals surface area contributed by atoms with Crippen LogP contribution in [-0.4, -0.2) is 38.4 Å². The molecule has 136 valence electrons. The molecule has 0 atom stereocenters. The number of carbonyl (C=O) groups excluding carboxylic acids is 1. The van der Waals surface area contributed by atoms with Crippen molar-refractivity contribution in [3.8, 4) is 0 Å². The average molecular weight is 345 g/mol. The van der Waals surface area contributed by atoms with Crippen molar-refractivity contribution < 1.29 is 9.53 Å². The van der Waals surface area contributed by atoms with Gasteiger partial charge in [0.05, 0.1) is 6.20 Å². The molecule has 0 bridgehead atoms. The van der Waals surface area contributed by atoms with Gasteiger partial charge in [-0.2, -0.15) is 9.61 Å². The van der Waals surface area contributed by atoms with Gasteiger partial charge in [0.1, 0.15) is 11.4 Å². The van der Waals surface area contributed by atoms with Gasteiger partial charge in [0.25, 0.3) is 0 Å². The SMILES string of the molecule is Cc1cc(N[C@H]2CC[C@H](NC(=O)OC(C)(C)C)CC2)n2nccc2n1. The summed E-state index contributed by atoms with van der Waals surface area (Å²) in [5, 5.41) is 10.9. The lowest BCUT2D eigenvalue weighted by molar-refractivity contribution is 0.0492. The Labute approximate surface area is 148 Å². The molecule has 2 aromatic rings. The Morgan fingerprint density at radius 1 is 1.24 bits per heavy atom. The number of amides is 1. The van der Waals surface area contributed by atoms with Gasteiger partial charge in [0.2, 0.25) is 0 Å². The second kappa shape index (κ2) is 6.90. The minimum absolute atomic E-state index is 0.178. The van der Waals surface area contributed by atoms with Gasteiger partial charge in [-0.15, -0.1) is 0 Å². The topological polar surface area (TPSA) is 80.5 Å². The number of aryl methyl sites for hydroxylation is 1. The Hall–Kier alpha value is -2.31. The zero-order valence-electron chi connectivity index (χ0n) is 15.4. The van der Waals surface area contributed by atoms with Gasteiger partial charge in [-0.3, -0.25) is 0 Å². The van der Waals surface area contributed by atoms with E-state index < -0.39 is 5.60 Å². The number of anilines is 1. The monoisotopic (exact) mass is 345 g/mol.